The Kier molecular flexibility index (Phi) is 6.76. The van der Waals surface area contributed by atoms with Gasteiger partial charge in [-0.25, -0.2) is 0 Å². The Hall–Kier alpha value is -6.68. The minimum Gasteiger partial charge on any atom is -0.310 e. The molecule has 0 aliphatic rings. The molecule has 0 radical (unpaired) electrons. The molecule has 3 heteroatoms. The van der Waals surface area contributed by atoms with Gasteiger partial charge in [0.2, 0.25) is 0 Å². The van der Waals surface area contributed by atoms with E-state index < -0.39 is 0 Å². The largest absolute Gasteiger partial charge is 0.310 e. The lowest BCUT2D eigenvalue weighted by atomic mass is 9.98. The zero-order chi connectivity index (χ0) is 34.9. The summed E-state index contributed by atoms with van der Waals surface area (Å²) in [5.41, 5.74) is 9.35. The van der Waals surface area contributed by atoms with Gasteiger partial charge in [0, 0.05) is 53.4 Å². The predicted octanol–water partition coefficient (Wildman–Crippen LogP) is 14.6. The van der Waals surface area contributed by atoms with Crippen LogP contribution in [-0.2, 0) is 0 Å². The Labute approximate surface area is 311 Å². The third-order valence-corrected chi connectivity index (χ3v) is 11.9. The van der Waals surface area contributed by atoms with Crippen LogP contribution in [0.25, 0.3) is 80.3 Å². The number of fused-ring (bicyclic) bond motifs is 9. The maximum atomic E-state index is 2.48. The number of para-hydroxylation sites is 2. The zero-order valence-corrected chi connectivity index (χ0v) is 29.6. The van der Waals surface area contributed by atoms with Crippen LogP contribution in [0.15, 0.2) is 194 Å². The van der Waals surface area contributed by atoms with Gasteiger partial charge in [-0.3, -0.25) is 0 Å². The smallest absolute Gasteiger partial charge is 0.0546 e. The van der Waals surface area contributed by atoms with Gasteiger partial charge < -0.3 is 9.47 Å². The second kappa shape index (κ2) is 11.9. The molecule has 0 fully saturated rings. The van der Waals surface area contributed by atoms with Crippen LogP contribution in [0.3, 0.4) is 0 Å². The standard InChI is InChI=1S/C50H32N2S/c1-3-13-33(14-4-1)36-29-35-16-8-9-19-40(35)48(30-36)51(39-25-28-49-45(32-39)43-26-23-34-15-7-10-20-41(34)50(43)53-49)38-24-27-47-44(31-38)42-21-11-12-22-46(42)52(47)37-17-5-2-6-18-37/h1-32H. The van der Waals surface area contributed by atoms with Crippen molar-refractivity contribution < 1.29 is 0 Å². The molecule has 0 aliphatic carbocycles. The Morgan fingerprint density at radius 2 is 1.02 bits per heavy atom. The molecule has 0 saturated carbocycles. The summed E-state index contributed by atoms with van der Waals surface area (Å²) in [6, 6.07) is 71.0. The molecule has 0 N–H and O–H groups in total. The van der Waals surface area contributed by atoms with Crippen LogP contribution in [0, 0.1) is 0 Å². The molecular weight excluding hydrogens is 661 g/mol. The topological polar surface area (TPSA) is 8.17 Å². The van der Waals surface area contributed by atoms with E-state index in [1.54, 1.807) is 0 Å². The van der Waals surface area contributed by atoms with Crippen LogP contribution in [0.4, 0.5) is 17.1 Å². The summed E-state index contributed by atoms with van der Waals surface area (Å²) in [6.45, 7) is 0. The first-order valence-electron chi connectivity index (χ1n) is 18.1. The molecule has 0 saturated heterocycles. The molecule has 0 unspecified atom stereocenters. The maximum Gasteiger partial charge on any atom is 0.0546 e. The zero-order valence-electron chi connectivity index (χ0n) is 28.8. The van der Waals surface area contributed by atoms with Gasteiger partial charge in [0.25, 0.3) is 0 Å². The third-order valence-electron chi connectivity index (χ3n) is 10.7. The van der Waals surface area contributed by atoms with Gasteiger partial charge in [-0.15, -0.1) is 11.3 Å². The van der Waals surface area contributed by atoms with Crippen molar-refractivity contribution >= 4 is 91.9 Å². The molecule has 0 bridgehead atoms. The quantitative estimate of drug-likeness (QED) is 0.174. The van der Waals surface area contributed by atoms with Gasteiger partial charge in [-0.2, -0.15) is 0 Å². The highest BCUT2D eigenvalue weighted by Gasteiger charge is 2.21. The van der Waals surface area contributed by atoms with Crippen LogP contribution < -0.4 is 4.90 Å². The number of hydrogen-bond donors (Lipinski definition) is 0. The van der Waals surface area contributed by atoms with Crippen molar-refractivity contribution in [2.24, 2.45) is 0 Å². The fourth-order valence-electron chi connectivity index (χ4n) is 8.29. The molecule has 9 aromatic carbocycles. The molecule has 2 heterocycles. The summed E-state index contributed by atoms with van der Waals surface area (Å²) in [7, 11) is 0. The average molecular weight is 693 g/mol. The third kappa shape index (κ3) is 4.78. The molecule has 53 heavy (non-hydrogen) atoms. The highest BCUT2D eigenvalue weighted by molar-refractivity contribution is 7.26. The van der Waals surface area contributed by atoms with E-state index in [2.05, 4.69) is 204 Å². The van der Waals surface area contributed by atoms with Crippen LogP contribution in [0.5, 0.6) is 0 Å². The summed E-state index contributed by atoms with van der Waals surface area (Å²) >= 11 is 1.89. The summed E-state index contributed by atoms with van der Waals surface area (Å²) in [5, 5.41) is 10.1. The molecule has 248 valence electrons. The van der Waals surface area contributed by atoms with E-state index in [-0.39, 0.29) is 0 Å². The van der Waals surface area contributed by atoms with E-state index in [1.807, 2.05) is 11.3 Å². The molecule has 0 atom stereocenters. The van der Waals surface area contributed by atoms with Crippen molar-refractivity contribution in [3.63, 3.8) is 0 Å². The van der Waals surface area contributed by atoms with Crippen LogP contribution >= 0.6 is 11.3 Å². The van der Waals surface area contributed by atoms with Gasteiger partial charge in [0.05, 0.1) is 16.7 Å². The Balaban J connectivity index is 1.21. The molecule has 2 aromatic heterocycles. The molecule has 11 aromatic rings. The van der Waals surface area contributed by atoms with E-state index in [0.717, 1.165) is 22.7 Å². The second-order valence-corrected chi connectivity index (χ2v) is 14.8. The molecule has 0 amide bonds. The van der Waals surface area contributed by atoms with Gasteiger partial charge in [-0.05, 0) is 94.0 Å². The van der Waals surface area contributed by atoms with E-state index in [0.29, 0.717) is 0 Å². The summed E-state index contributed by atoms with van der Waals surface area (Å²) in [5.74, 6) is 0. The Morgan fingerprint density at radius 1 is 0.377 bits per heavy atom. The van der Waals surface area contributed by atoms with Crippen molar-refractivity contribution in [3.05, 3.63) is 194 Å². The number of nitrogens with zero attached hydrogens (tertiary/aromatic N) is 2. The van der Waals surface area contributed by atoms with Crippen LogP contribution in [-0.4, -0.2) is 4.57 Å². The summed E-state index contributed by atoms with van der Waals surface area (Å²) in [4.78, 5) is 2.48. The number of anilines is 3. The number of benzene rings is 9. The predicted molar refractivity (Wildman–Crippen MR) is 229 cm³/mol. The normalized spacial score (nSPS) is 11.8. The fourth-order valence-corrected chi connectivity index (χ4v) is 9.51. The van der Waals surface area contributed by atoms with Crippen molar-refractivity contribution in [1.82, 2.24) is 4.57 Å². The number of hydrogen-bond acceptors (Lipinski definition) is 2. The lowest BCUT2D eigenvalue weighted by Crippen LogP contribution is -2.11. The number of rotatable bonds is 5. The van der Waals surface area contributed by atoms with Gasteiger partial charge in [0.1, 0.15) is 0 Å². The molecule has 0 spiro atoms. The second-order valence-electron chi connectivity index (χ2n) is 13.8. The molecule has 0 aliphatic heterocycles. The molecular formula is C50H32N2S. The SMILES string of the molecule is c1ccc(-c2cc(N(c3ccc4sc5c6ccccc6ccc5c4c3)c3ccc4c(c3)c3ccccc3n4-c3ccccc3)c3ccccc3c2)cc1. The van der Waals surface area contributed by atoms with E-state index >= 15 is 0 Å². The minimum absolute atomic E-state index is 1.12. The molecule has 2 nitrogen and oxygen atoms in total. The lowest BCUT2D eigenvalue weighted by Gasteiger charge is -2.28. The summed E-state index contributed by atoms with van der Waals surface area (Å²) in [6.07, 6.45) is 0. The summed E-state index contributed by atoms with van der Waals surface area (Å²) < 4.78 is 5.02. The first-order valence-corrected chi connectivity index (χ1v) is 18.9. The minimum atomic E-state index is 1.12. The average Bonchev–Trinajstić information content (AvgIpc) is 3.77. The Morgan fingerprint density at radius 3 is 1.85 bits per heavy atom. The Bertz CT molecular complexity index is 3170. The first kappa shape index (κ1) is 30.0. The van der Waals surface area contributed by atoms with E-state index in [4.69, 9.17) is 0 Å². The highest BCUT2D eigenvalue weighted by Crippen LogP contribution is 2.46. The fraction of sp³-hybridized carbons (Fsp3) is 0. The van der Waals surface area contributed by atoms with Crippen molar-refractivity contribution in [1.29, 1.82) is 0 Å². The van der Waals surface area contributed by atoms with Crippen molar-refractivity contribution in [2.75, 3.05) is 4.90 Å². The lowest BCUT2D eigenvalue weighted by molar-refractivity contribution is 1.18. The van der Waals surface area contributed by atoms with Crippen LogP contribution in [0.1, 0.15) is 0 Å². The van der Waals surface area contributed by atoms with Crippen molar-refractivity contribution in [2.45, 2.75) is 0 Å². The van der Waals surface area contributed by atoms with Gasteiger partial charge >= 0.3 is 0 Å². The van der Waals surface area contributed by atoms with E-state index in [1.165, 1.54) is 74.6 Å². The van der Waals surface area contributed by atoms with Gasteiger partial charge in [0.15, 0.2) is 0 Å². The van der Waals surface area contributed by atoms with E-state index in [9.17, 15) is 0 Å². The molecule has 11 rings (SSSR count). The van der Waals surface area contributed by atoms with Crippen molar-refractivity contribution in [3.8, 4) is 16.8 Å². The number of aromatic nitrogens is 1. The highest BCUT2D eigenvalue weighted by atomic mass is 32.1. The number of thiophene rings is 1. The first-order chi connectivity index (χ1) is 26.3. The monoisotopic (exact) mass is 692 g/mol. The maximum absolute atomic E-state index is 2.48. The van der Waals surface area contributed by atoms with Crippen LogP contribution in [0.2, 0.25) is 0 Å². The van der Waals surface area contributed by atoms with Gasteiger partial charge in [-0.1, -0.05) is 127 Å².